The minimum absolute atomic E-state index is 0.0957. The average molecular weight is 466 g/mol. The zero-order valence-electron chi connectivity index (χ0n) is 19.2. The largest absolute Gasteiger partial charge is 0.482 e. The van der Waals surface area contributed by atoms with Crippen LogP contribution in [0.3, 0.4) is 0 Å². The van der Waals surface area contributed by atoms with E-state index < -0.39 is 0 Å². The van der Waals surface area contributed by atoms with E-state index in [0.29, 0.717) is 18.0 Å². The highest BCUT2D eigenvalue weighted by molar-refractivity contribution is 7.09. The number of aryl methyl sites for hydroxylation is 3. The third-order valence-corrected chi connectivity index (χ3v) is 6.42. The molecule has 0 unspecified atom stereocenters. The molecule has 4 rings (SSSR count). The Morgan fingerprint density at radius 3 is 2.70 bits per heavy atom. The summed E-state index contributed by atoms with van der Waals surface area (Å²) in [5, 5.41) is 5.95. The highest BCUT2D eigenvalue weighted by atomic mass is 32.1. The first kappa shape index (κ1) is 22.9. The number of amides is 2. The number of carbonyl (C=O) groups excluding carboxylic acids is 2. The van der Waals surface area contributed by atoms with Crippen LogP contribution in [-0.2, 0) is 20.7 Å². The molecule has 3 aromatic rings. The average Bonchev–Trinajstić information content (AvgIpc) is 3.25. The maximum atomic E-state index is 12.9. The van der Waals surface area contributed by atoms with Crippen molar-refractivity contribution in [2.45, 2.75) is 27.2 Å². The first-order valence-electron chi connectivity index (χ1n) is 10.7. The molecule has 2 amide bonds. The molecular weight excluding hydrogens is 438 g/mol. The van der Waals surface area contributed by atoms with Gasteiger partial charge in [-0.2, -0.15) is 0 Å². The van der Waals surface area contributed by atoms with Gasteiger partial charge in [0.25, 0.3) is 5.91 Å². The van der Waals surface area contributed by atoms with Gasteiger partial charge in [0.2, 0.25) is 5.91 Å². The summed E-state index contributed by atoms with van der Waals surface area (Å²) < 4.78 is 10.7. The second-order valence-corrected chi connectivity index (χ2v) is 9.08. The van der Waals surface area contributed by atoms with Gasteiger partial charge in [-0.25, -0.2) is 4.98 Å². The summed E-state index contributed by atoms with van der Waals surface area (Å²) >= 11 is 1.57. The summed E-state index contributed by atoms with van der Waals surface area (Å²) in [6.07, 6.45) is 0.748. The molecule has 1 N–H and O–H groups in total. The van der Waals surface area contributed by atoms with Crippen LogP contribution in [0.15, 0.2) is 35.7 Å². The Hall–Kier alpha value is -3.23. The summed E-state index contributed by atoms with van der Waals surface area (Å²) in [4.78, 5) is 31.8. The molecule has 2 aromatic carbocycles. The fraction of sp³-hybridized carbons (Fsp3) is 0.320. The van der Waals surface area contributed by atoms with Crippen molar-refractivity contribution in [1.29, 1.82) is 0 Å². The zero-order chi connectivity index (χ0) is 23.5. The lowest BCUT2D eigenvalue weighted by molar-refractivity contribution is -0.123. The molecule has 1 aromatic heterocycles. The van der Waals surface area contributed by atoms with Crippen molar-refractivity contribution in [1.82, 2.24) is 4.98 Å². The molecule has 0 fully saturated rings. The van der Waals surface area contributed by atoms with Crippen LogP contribution in [0.25, 0.3) is 11.3 Å². The highest BCUT2D eigenvalue weighted by Crippen LogP contribution is 2.36. The molecule has 33 heavy (non-hydrogen) atoms. The Kier molecular flexibility index (Phi) is 6.76. The SMILES string of the molecule is COCCc1nc(-c2ccc3c(c2)N(CC(=O)Nc2c(C)cc(C)cc2C)C(=O)CO3)cs1. The van der Waals surface area contributed by atoms with E-state index in [1.807, 2.05) is 56.5 Å². The Bertz CT molecular complexity index is 1180. The van der Waals surface area contributed by atoms with Gasteiger partial charge in [0, 0.05) is 30.2 Å². The van der Waals surface area contributed by atoms with E-state index in [1.54, 1.807) is 18.4 Å². The van der Waals surface area contributed by atoms with E-state index in [0.717, 1.165) is 45.1 Å². The van der Waals surface area contributed by atoms with Gasteiger partial charge in [-0.3, -0.25) is 14.5 Å². The fourth-order valence-electron chi connectivity index (χ4n) is 3.98. The monoisotopic (exact) mass is 465 g/mol. The summed E-state index contributed by atoms with van der Waals surface area (Å²) in [5.74, 6) is 0.0575. The highest BCUT2D eigenvalue weighted by Gasteiger charge is 2.28. The predicted octanol–water partition coefficient (Wildman–Crippen LogP) is 4.29. The van der Waals surface area contributed by atoms with Gasteiger partial charge in [-0.05, 0) is 50.1 Å². The first-order valence-corrected chi connectivity index (χ1v) is 11.6. The zero-order valence-corrected chi connectivity index (χ0v) is 20.0. The molecule has 1 aliphatic heterocycles. The molecule has 0 spiro atoms. The molecule has 7 nitrogen and oxygen atoms in total. The number of aromatic nitrogens is 1. The Labute approximate surface area is 197 Å². The number of carbonyl (C=O) groups is 2. The standard InChI is InChI=1S/C25H27N3O4S/c1-15-9-16(2)25(17(3)10-15)27-22(29)12-28-20-11-18(5-6-21(20)32-13-24(28)30)19-14-33-23(26-19)7-8-31-4/h5-6,9-11,14H,7-8,12-13H2,1-4H3,(H,27,29). The molecule has 0 saturated carbocycles. The third-order valence-electron chi connectivity index (χ3n) is 5.51. The number of nitrogens with zero attached hydrogens (tertiary/aromatic N) is 2. The fourth-order valence-corrected chi connectivity index (χ4v) is 4.77. The van der Waals surface area contributed by atoms with E-state index in [9.17, 15) is 9.59 Å². The van der Waals surface area contributed by atoms with E-state index in [1.165, 1.54) is 4.90 Å². The summed E-state index contributed by atoms with van der Waals surface area (Å²) in [7, 11) is 1.67. The van der Waals surface area contributed by atoms with Gasteiger partial charge in [-0.15, -0.1) is 11.3 Å². The van der Waals surface area contributed by atoms with E-state index in [2.05, 4.69) is 10.3 Å². The van der Waals surface area contributed by atoms with Crippen LogP contribution in [0.2, 0.25) is 0 Å². The van der Waals surface area contributed by atoms with Crippen LogP contribution in [0.1, 0.15) is 21.7 Å². The minimum Gasteiger partial charge on any atom is -0.482 e. The molecule has 172 valence electrons. The number of fused-ring (bicyclic) bond motifs is 1. The number of rotatable bonds is 7. The number of hydrogen-bond acceptors (Lipinski definition) is 6. The molecule has 0 saturated heterocycles. The molecule has 0 radical (unpaired) electrons. The molecule has 2 heterocycles. The molecule has 0 atom stereocenters. The number of hydrogen-bond donors (Lipinski definition) is 1. The second-order valence-electron chi connectivity index (χ2n) is 8.14. The smallest absolute Gasteiger partial charge is 0.265 e. The molecule has 0 bridgehead atoms. The summed E-state index contributed by atoms with van der Waals surface area (Å²) in [6.45, 7) is 6.37. The number of ether oxygens (including phenoxy) is 2. The lowest BCUT2D eigenvalue weighted by Crippen LogP contribution is -2.43. The second kappa shape index (κ2) is 9.72. The number of benzene rings is 2. The van der Waals surface area contributed by atoms with E-state index in [4.69, 9.17) is 9.47 Å². The van der Waals surface area contributed by atoms with E-state index >= 15 is 0 Å². The number of thiazole rings is 1. The Balaban J connectivity index is 1.57. The van der Waals surface area contributed by atoms with Crippen molar-refractivity contribution >= 4 is 34.5 Å². The van der Waals surface area contributed by atoms with Crippen molar-refractivity contribution in [2.75, 3.05) is 37.1 Å². The normalized spacial score (nSPS) is 13.0. The summed E-state index contributed by atoms with van der Waals surface area (Å²) in [5.41, 5.74) is 6.16. The topological polar surface area (TPSA) is 80.8 Å². The van der Waals surface area contributed by atoms with Gasteiger partial charge in [-0.1, -0.05) is 17.7 Å². The summed E-state index contributed by atoms with van der Waals surface area (Å²) in [6, 6.07) is 9.65. The van der Waals surface area contributed by atoms with Crippen LogP contribution in [0.4, 0.5) is 11.4 Å². The molecule has 0 aliphatic carbocycles. The van der Waals surface area contributed by atoms with Gasteiger partial charge < -0.3 is 14.8 Å². The lowest BCUT2D eigenvalue weighted by Gasteiger charge is -2.29. The van der Waals surface area contributed by atoms with Crippen molar-refractivity contribution in [3.63, 3.8) is 0 Å². The maximum absolute atomic E-state index is 12.9. The lowest BCUT2D eigenvalue weighted by atomic mass is 10.1. The predicted molar refractivity (Wildman–Crippen MR) is 130 cm³/mol. The Morgan fingerprint density at radius 2 is 1.97 bits per heavy atom. The number of nitrogens with one attached hydrogen (secondary N) is 1. The van der Waals surface area contributed by atoms with Crippen LogP contribution < -0.4 is 15.0 Å². The van der Waals surface area contributed by atoms with Gasteiger partial charge >= 0.3 is 0 Å². The van der Waals surface area contributed by atoms with Crippen LogP contribution >= 0.6 is 11.3 Å². The van der Waals surface area contributed by atoms with Crippen LogP contribution in [0, 0.1) is 20.8 Å². The van der Waals surface area contributed by atoms with Gasteiger partial charge in [0.05, 0.1) is 23.0 Å². The van der Waals surface area contributed by atoms with Crippen LogP contribution in [-0.4, -0.2) is 43.7 Å². The number of methoxy groups -OCH3 is 1. The van der Waals surface area contributed by atoms with Gasteiger partial charge in [0.15, 0.2) is 6.61 Å². The Morgan fingerprint density at radius 1 is 1.21 bits per heavy atom. The molecular formula is C25H27N3O4S. The van der Waals surface area contributed by atoms with Crippen molar-refractivity contribution < 1.29 is 19.1 Å². The molecule has 8 heteroatoms. The number of anilines is 2. The van der Waals surface area contributed by atoms with Crippen molar-refractivity contribution in [2.24, 2.45) is 0 Å². The maximum Gasteiger partial charge on any atom is 0.265 e. The molecule has 1 aliphatic rings. The van der Waals surface area contributed by atoms with E-state index in [-0.39, 0.29) is 25.0 Å². The first-order chi connectivity index (χ1) is 15.9. The third kappa shape index (κ3) is 5.07. The van der Waals surface area contributed by atoms with Gasteiger partial charge in [0.1, 0.15) is 12.3 Å². The quantitative estimate of drug-likeness (QED) is 0.563. The van der Waals surface area contributed by atoms with Crippen LogP contribution in [0.5, 0.6) is 5.75 Å². The minimum atomic E-state index is -0.258. The van der Waals surface area contributed by atoms with Crippen molar-refractivity contribution in [3.8, 4) is 17.0 Å². The van der Waals surface area contributed by atoms with Crippen molar-refractivity contribution in [3.05, 3.63) is 57.4 Å².